The van der Waals surface area contributed by atoms with E-state index in [1.54, 1.807) is 20.2 Å². The van der Waals surface area contributed by atoms with E-state index in [4.69, 9.17) is 4.74 Å². The Bertz CT molecular complexity index is 891. The lowest BCUT2D eigenvalue weighted by Crippen LogP contribution is -2.31. The number of amides is 1. The van der Waals surface area contributed by atoms with Crippen LogP contribution in [0, 0.1) is 5.92 Å². The number of ether oxygens (including phenoxy) is 1. The van der Waals surface area contributed by atoms with Gasteiger partial charge in [-0.1, -0.05) is 30.4 Å². The molecule has 5 nitrogen and oxygen atoms in total. The van der Waals surface area contributed by atoms with Gasteiger partial charge >= 0.3 is 0 Å². The monoisotopic (exact) mass is 350 g/mol. The number of para-hydroxylation sites is 1. The predicted molar refractivity (Wildman–Crippen MR) is 101 cm³/mol. The summed E-state index contributed by atoms with van der Waals surface area (Å²) < 4.78 is 5.28. The highest BCUT2D eigenvalue weighted by Crippen LogP contribution is 2.51. The molecule has 2 aliphatic rings. The van der Waals surface area contributed by atoms with Gasteiger partial charge in [-0.25, -0.2) is 0 Å². The van der Waals surface area contributed by atoms with Gasteiger partial charge in [0.15, 0.2) is 11.5 Å². The van der Waals surface area contributed by atoms with Crippen LogP contribution in [0.1, 0.15) is 39.9 Å². The summed E-state index contributed by atoms with van der Waals surface area (Å²) in [6, 6.07) is 11.4. The largest absolute Gasteiger partial charge is 0.504 e. The molecular formula is C21H22N2O3. The van der Waals surface area contributed by atoms with Crippen molar-refractivity contribution < 1.29 is 14.6 Å². The highest BCUT2D eigenvalue weighted by molar-refractivity contribution is 6.00. The molecule has 0 bridgehead atoms. The first-order valence-electron chi connectivity index (χ1n) is 8.79. The van der Waals surface area contributed by atoms with Gasteiger partial charge in [-0.15, -0.1) is 0 Å². The minimum absolute atomic E-state index is 0.0304. The Balaban J connectivity index is 1.82. The van der Waals surface area contributed by atoms with E-state index in [2.05, 4.69) is 28.9 Å². The van der Waals surface area contributed by atoms with Crippen molar-refractivity contribution in [1.82, 2.24) is 5.32 Å². The van der Waals surface area contributed by atoms with Crippen LogP contribution in [0.5, 0.6) is 11.5 Å². The second kappa shape index (κ2) is 6.41. The zero-order chi connectivity index (χ0) is 18.3. The van der Waals surface area contributed by atoms with Gasteiger partial charge in [0.05, 0.1) is 24.4 Å². The van der Waals surface area contributed by atoms with Crippen LogP contribution in [-0.4, -0.2) is 25.2 Å². The Labute approximate surface area is 152 Å². The van der Waals surface area contributed by atoms with E-state index >= 15 is 0 Å². The molecule has 5 heteroatoms. The van der Waals surface area contributed by atoms with Crippen LogP contribution < -0.4 is 15.4 Å². The summed E-state index contributed by atoms with van der Waals surface area (Å²) in [5, 5.41) is 16.2. The van der Waals surface area contributed by atoms with Crippen molar-refractivity contribution in [3.8, 4) is 11.5 Å². The fraction of sp³-hybridized carbons (Fsp3) is 0.286. The summed E-state index contributed by atoms with van der Waals surface area (Å²) in [4.78, 5) is 12.3. The number of phenols is 1. The maximum Gasteiger partial charge on any atom is 0.253 e. The van der Waals surface area contributed by atoms with Gasteiger partial charge < -0.3 is 20.5 Å². The molecule has 3 atom stereocenters. The molecule has 0 saturated heterocycles. The lowest BCUT2D eigenvalue weighted by atomic mass is 9.76. The highest BCUT2D eigenvalue weighted by Gasteiger charge is 2.39. The maximum absolute atomic E-state index is 12.3. The van der Waals surface area contributed by atoms with Crippen LogP contribution in [0.3, 0.4) is 0 Å². The van der Waals surface area contributed by atoms with Gasteiger partial charge in [-0.05, 0) is 41.7 Å². The van der Waals surface area contributed by atoms with Crippen LogP contribution in [0.4, 0.5) is 5.69 Å². The Hall–Kier alpha value is -2.95. The summed E-state index contributed by atoms with van der Waals surface area (Å²) in [6.07, 6.45) is 5.42. The Kier molecular flexibility index (Phi) is 4.07. The zero-order valence-corrected chi connectivity index (χ0v) is 14.8. The average molecular weight is 350 g/mol. The molecule has 2 aromatic rings. The molecule has 1 aliphatic carbocycles. The lowest BCUT2D eigenvalue weighted by Gasteiger charge is -2.38. The first kappa shape index (κ1) is 16.5. The van der Waals surface area contributed by atoms with E-state index in [9.17, 15) is 9.90 Å². The van der Waals surface area contributed by atoms with Gasteiger partial charge in [0, 0.05) is 13.0 Å². The molecule has 1 amide bonds. The molecule has 2 aromatic carbocycles. The molecule has 0 radical (unpaired) electrons. The molecular weight excluding hydrogens is 328 g/mol. The molecule has 134 valence electrons. The summed E-state index contributed by atoms with van der Waals surface area (Å²) in [7, 11) is 3.19. The Morgan fingerprint density at radius 3 is 2.92 bits per heavy atom. The molecule has 1 heterocycles. The van der Waals surface area contributed by atoms with Crippen molar-refractivity contribution >= 4 is 11.6 Å². The molecule has 0 spiro atoms. The van der Waals surface area contributed by atoms with Crippen molar-refractivity contribution in [3.63, 3.8) is 0 Å². The number of fused-ring (bicyclic) bond motifs is 3. The van der Waals surface area contributed by atoms with Crippen molar-refractivity contribution in [2.75, 3.05) is 19.5 Å². The van der Waals surface area contributed by atoms with E-state index in [-0.39, 0.29) is 23.6 Å². The van der Waals surface area contributed by atoms with Crippen molar-refractivity contribution in [3.05, 3.63) is 65.2 Å². The summed E-state index contributed by atoms with van der Waals surface area (Å²) >= 11 is 0. The molecule has 0 aromatic heterocycles. The fourth-order valence-corrected chi connectivity index (χ4v) is 4.16. The van der Waals surface area contributed by atoms with E-state index in [0.29, 0.717) is 17.2 Å². The summed E-state index contributed by atoms with van der Waals surface area (Å²) in [5.74, 6) is 1.10. The van der Waals surface area contributed by atoms with Crippen molar-refractivity contribution in [1.29, 1.82) is 0 Å². The topological polar surface area (TPSA) is 70.6 Å². The van der Waals surface area contributed by atoms with E-state index in [1.807, 2.05) is 24.3 Å². The minimum atomic E-state index is -0.100. The van der Waals surface area contributed by atoms with Crippen molar-refractivity contribution in [2.45, 2.75) is 18.4 Å². The van der Waals surface area contributed by atoms with E-state index < -0.39 is 0 Å². The quantitative estimate of drug-likeness (QED) is 0.740. The number of carbonyl (C=O) groups is 1. The lowest BCUT2D eigenvalue weighted by molar-refractivity contribution is 0.0963. The smallest absolute Gasteiger partial charge is 0.253 e. The summed E-state index contributed by atoms with van der Waals surface area (Å²) in [5.41, 5.74) is 3.73. The molecule has 26 heavy (non-hydrogen) atoms. The van der Waals surface area contributed by atoms with Crippen LogP contribution in [-0.2, 0) is 0 Å². The Morgan fingerprint density at radius 1 is 1.31 bits per heavy atom. The van der Waals surface area contributed by atoms with Gasteiger partial charge in [0.25, 0.3) is 5.91 Å². The molecule has 3 unspecified atom stereocenters. The second-order valence-corrected chi connectivity index (χ2v) is 6.76. The van der Waals surface area contributed by atoms with Crippen LogP contribution >= 0.6 is 0 Å². The number of anilines is 1. The number of hydrogen-bond donors (Lipinski definition) is 3. The average Bonchev–Trinajstić information content (AvgIpc) is 3.17. The number of aromatic hydroxyl groups is 1. The van der Waals surface area contributed by atoms with Crippen molar-refractivity contribution in [2.24, 2.45) is 5.92 Å². The zero-order valence-electron chi connectivity index (χ0n) is 14.8. The van der Waals surface area contributed by atoms with Crippen LogP contribution in [0.2, 0.25) is 0 Å². The third kappa shape index (κ3) is 2.51. The fourth-order valence-electron chi connectivity index (χ4n) is 4.16. The SMILES string of the molecule is CNC(=O)c1cccc2c1NC(c1ccc(O)c(OC)c1)C1CC=CC21. The standard InChI is InChI=1S/C21H22N2O3/c1-22-21(25)16-8-4-7-15-13-5-3-6-14(13)19(23-20(15)16)12-9-10-17(24)18(11-12)26-2/h3-5,7-11,13-14,19,23-24H,6H2,1-2H3,(H,22,25). The second-order valence-electron chi connectivity index (χ2n) is 6.76. The van der Waals surface area contributed by atoms with E-state index in [0.717, 1.165) is 23.2 Å². The van der Waals surface area contributed by atoms with Gasteiger partial charge in [0.1, 0.15) is 0 Å². The number of hydrogen-bond acceptors (Lipinski definition) is 4. The number of methoxy groups -OCH3 is 1. The first-order valence-corrected chi connectivity index (χ1v) is 8.79. The third-order valence-corrected chi connectivity index (χ3v) is 5.43. The Morgan fingerprint density at radius 2 is 2.15 bits per heavy atom. The third-order valence-electron chi connectivity index (χ3n) is 5.43. The molecule has 0 fully saturated rings. The summed E-state index contributed by atoms with van der Waals surface area (Å²) in [6.45, 7) is 0. The minimum Gasteiger partial charge on any atom is -0.504 e. The van der Waals surface area contributed by atoms with Crippen LogP contribution in [0.15, 0.2) is 48.6 Å². The number of rotatable bonds is 3. The molecule has 4 rings (SSSR count). The number of nitrogens with one attached hydrogen (secondary N) is 2. The predicted octanol–water partition coefficient (Wildman–Crippen LogP) is 3.59. The molecule has 3 N–H and O–H groups in total. The van der Waals surface area contributed by atoms with Crippen LogP contribution in [0.25, 0.3) is 0 Å². The number of allylic oxidation sites excluding steroid dienone is 2. The highest BCUT2D eigenvalue weighted by atomic mass is 16.5. The molecule has 0 saturated carbocycles. The molecule has 1 aliphatic heterocycles. The maximum atomic E-state index is 12.3. The van der Waals surface area contributed by atoms with Gasteiger partial charge in [0.2, 0.25) is 0 Å². The number of benzene rings is 2. The van der Waals surface area contributed by atoms with Gasteiger partial charge in [-0.2, -0.15) is 0 Å². The van der Waals surface area contributed by atoms with E-state index in [1.165, 1.54) is 0 Å². The first-order chi connectivity index (χ1) is 12.6. The van der Waals surface area contributed by atoms with Gasteiger partial charge in [-0.3, -0.25) is 4.79 Å². The number of phenolic OH excluding ortho intramolecular Hbond substituents is 1. The normalized spacial score (nSPS) is 22.9. The number of carbonyl (C=O) groups excluding carboxylic acids is 1.